The second-order valence-electron chi connectivity index (χ2n) is 12.6. The van der Waals surface area contributed by atoms with Crippen molar-refractivity contribution in [1.29, 1.82) is 0 Å². The van der Waals surface area contributed by atoms with E-state index in [9.17, 15) is 9.36 Å². The molecule has 1 heterocycles. The average Bonchev–Trinajstić information content (AvgIpc) is 2.88. The Hall–Kier alpha value is -0.550. The van der Waals surface area contributed by atoms with Crippen molar-refractivity contribution < 1.29 is 18.8 Å². The van der Waals surface area contributed by atoms with Gasteiger partial charge in [-0.25, -0.2) is 0 Å². The highest BCUT2D eigenvalue weighted by molar-refractivity contribution is 7.63. The molecule has 10 nitrogen and oxygen atoms in total. The zero-order valence-corrected chi connectivity index (χ0v) is 27.0. The number of likely N-dealkylation sites (N-methyl/N-ethyl adjacent to an activating group) is 1. The van der Waals surface area contributed by atoms with Crippen molar-refractivity contribution in [3.05, 3.63) is 12.7 Å². The van der Waals surface area contributed by atoms with Gasteiger partial charge >= 0.3 is 0 Å². The van der Waals surface area contributed by atoms with Crippen molar-refractivity contribution in [3.63, 3.8) is 0 Å². The molecule has 3 rings (SSSR count). The number of alkyl halides is 1. The fourth-order valence-electron chi connectivity index (χ4n) is 6.55. The summed E-state index contributed by atoms with van der Waals surface area (Å²) < 4.78 is 25.0. The lowest BCUT2D eigenvalue weighted by molar-refractivity contribution is -0.123. The van der Waals surface area contributed by atoms with Crippen molar-refractivity contribution >= 4 is 24.7 Å². The minimum atomic E-state index is -2.22. The highest BCUT2D eigenvalue weighted by Gasteiger charge is 2.41. The molecule has 3 fully saturated rings. The van der Waals surface area contributed by atoms with Gasteiger partial charge in [-0.1, -0.05) is 26.3 Å². The van der Waals surface area contributed by atoms with E-state index in [1.165, 1.54) is 6.08 Å². The third-order valence-corrected chi connectivity index (χ3v) is 11.2. The van der Waals surface area contributed by atoms with Gasteiger partial charge in [0, 0.05) is 37.9 Å². The lowest BCUT2D eigenvalue weighted by Gasteiger charge is -2.46. The first kappa shape index (κ1) is 33.9. The Morgan fingerprint density at radius 1 is 1.18 bits per heavy atom. The zero-order chi connectivity index (χ0) is 29.4. The monoisotopic (exact) mass is 604 g/mol. The van der Waals surface area contributed by atoms with Crippen LogP contribution in [-0.2, 0) is 18.8 Å². The summed E-state index contributed by atoms with van der Waals surface area (Å²) in [5, 5.41) is 17.6. The van der Waals surface area contributed by atoms with E-state index in [-0.39, 0.29) is 59.7 Å². The number of hydrogen-bond donors (Lipinski definition) is 5. The molecule has 40 heavy (non-hydrogen) atoms. The van der Waals surface area contributed by atoms with Crippen LogP contribution in [0.1, 0.15) is 45.4 Å². The molecule has 10 atom stereocenters. The summed E-state index contributed by atoms with van der Waals surface area (Å²) in [4.78, 5) is 14.4. The van der Waals surface area contributed by atoms with Crippen molar-refractivity contribution in [2.24, 2.45) is 5.92 Å². The van der Waals surface area contributed by atoms with E-state index in [0.29, 0.717) is 19.1 Å². The number of rotatable bonds is 13. The van der Waals surface area contributed by atoms with Gasteiger partial charge in [-0.2, -0.15) is 0 Å². The van der Waals surface area contributed by atoms with Gasteiger partial charge < -0.3 is 24.3 Å². The summed E-state index contributed by atoms with van der Waals surface area (Å²) in [7, 11) is 3.50. The molecule has 0 aromatic heterocycles. The van der Waals surface area contributed by atoms with Gasteiger partial charge in [0.2, 0.25) is 5.91 Å². The number of carbonyl (C=O) groups excluding carboxylic acids is 1. The molecular weight excluding hydrogens is 551 g/mol. The Labute approximate surface area is 246 Å². The van der Waals surface area contributed by atoms with Crippen LogP contribution in [-0.4, -0.2) is 119 Å². The van der Waals surface area contributed by atoms with E-state index in [1.807, 2.05) is 27.4 Å². The van der Waals surface area contributed by atoms with Crippen molar-refractivity contribution in [1.82, 2.24) is 31.5 Å². The van der Waals surface area contributed by atoms with E-state index in [2.05, 4.69) is 45.0 Å². The van der Waals surface area contributed by atoms with Crippen molar-refractivity contribution in [3.8, 4) is 0 Å². The molecule has 232 valence electrons. The Kier molecular flexibility index (Phi) is 13.4. The molecule has 0 aromatic rings. The maximum atomic E-state index is 13.0. The third kappa shape index (κ3) is 10.0. The fourth-order valence-corrected chi connectivity index (χ4v) is 8.69. The molecule has 0 aromatic carbocycles. The Bertz CT molecular complexity index is 863. The molecule has 0 spiro atoms. The van der Waals surface area contributed by atoms with Crippen molar-refractivity contribution in [2.75, 3.05) is 54.2 Å². The minimum Gasteiger partial charge on any atom is -0.382 e. The molecule has 1 saturated heterocycles. The largest absolute Gasteiger partial charge is 0.382 e. The fraction of sp³-hybridized carbons (Fsp3) is 0.893. The predicted molar refractivity (Wildman–Crippen MR) is 164 cm³/mol. The van der Waals surface area contributed by atoms with Crippen LogP contribution >= 0.6 is 18.7 Å². The number of amides is 1. The first-order chi connectivity index (χ1) is 18.9. The zero-order valence-electron chi connectivity index (χ0n) is 25.3. The number of ether oxygens (including phenoxy) is 2. The number of hydrogen-bond acceptors (Lipinski definition) is 9. The van der Waals surface area contributed by atoms with Crippen LogP contribution in [0, 0.1) is 5.92 Å². The molecule has 3 aliphatic rings. The number of nitrogens with zero attached hydrogens (tertiary/aromatic N) is 1. The van der Waals surface area contributed by atoms with Gasteiger partial charge in [-0.05, 0) is 65.1 Å². The van der Waals surface area contributed by atoms with Crippen molar-refractivity contribution in [2.45, 2.75) is 99.3 Å². The Morgan fingerprint density at radius 2 is 1.90 bits per heavy atom. The van der Waals surface area contributed by atoms with Crippen LogP contribution in [0.4, 0.5) is 0 Å². The maximum absolute atomic E-state index is 13.0. The molecule has 0 radical (unpaired) electrons. The summed E-state index contributed by atoms with van der Waals surface area (Å²) in [6.07, 6.45) is 6.65. The molecule has 0 bridgehead atoms. The first-order valence-electron chi connectivity index (χ1n) is 14.8. The number of nitrogens with one attached hydrogen (secondary N) is 5. The van der Waals surface area contributed by atoms with E-state index < -0.39 is 7.14 Å². The lowest BCUT2D eigenvalue weighted by Crippen LogP contribution is -2.72. The quantitative estimate of drug-likeness (QED) is 0.122. The van der Waals surface area contributed by atoms with Gasteiger partial charge in [0.15, 0.2) is 0 Å². The smallest absolute Gasteiger partial charge is 0.243 e. The Morgan fingerprint density at radius 3 is 2.55 bits per heavy atom. The number of carbonyl (C=O) groups is 1. The van der Waals surface area contributed by atoms with Crippen LogP contribution in [0.3, 0.4) is 0 Å². The second kappa shape index (κ2) is 15.8. The van der Waals surface area contributed by atoms with Gasteiger partial charge in [0.05, 0.1) is 43.5 Å². The second-order valence-corrected chi connectivity index (χ2v) is 16.7. The van der Waals surface area contributed by atoms with E-state index in [4.69, 9.17) is 21.1 Å². The van der Waals surface area contributed by atoms with Crippen LogP contribution < -0.4 is 26.6 Å². The molecule has 2 aliphatic carbocycles. The predicted octanol–water partition coefficient (Wildman–Crippen LogP) is 1.94. The molecule has 5 N–H and O–H groups in total. The standard InChI is InChI=1S/C28H54ClN6O4P/c1-8-26(36)31-23-14-22(18(2)13-24(23)39-19(17-38-5)16-35(3)4)33-28-30-15-20(29)27(34-28)32-21-11-9-10-12-25(21)40(6,7)37/h8,18-25,27-28,30,32-34H,1,9-17H2,2-7H3,(H,31,36). The topological polar surface area (TPSA) is 116 Å². The highest BCUT2D eigenvalue weighted by Crippen LogP contribution is 2.49. The summed E-state index contributed by atoms with van der Waals surface area (Å²) in [6, 6.07) is 0.167. The highest BCUT2D eigenvalue weighted by atomic mass is 35.5. The molecule has 12 heteroatoms. The molecule has 10 unspecified atom stereocenters. The minimum absolute atomic E-state index is 0.0934. The van der Waals surface area contributed by atoms with Crippen LogP contribution in [0.25, 0.3) is 0 Å². The Balaban J connectivity index is 1.65. The van der Waals surface area contributed by atoms with E-state index >= 15 is 0 Å². The summed E-state index contributed by atoms with van der Waals surface area (Å²) in [5.74, 6) is 0.110. The first-order valence-corrected chi connectivity index (χ1v) is 17.9. The van der Waals surface area contributed by atoms with Gasteiger partial charge in [0.25, 0.3) is 0 Å². The van der Waals surface area contributed by atoms with E-state index in [0.717, 1.165) is 45.1 Å². The third-order valence-electron chi connectivity index (χ3n) is 8.58. The van der Waals surface area contributed by atoms with Crippen LogP contribution in [0.2, 0.25) is 0 Å². The normalized spacial score (nSPS) is 36.2. The summed E-state index contributed by atoms with van der Waals surface area (Å²) >= 11 is 6.75. The molecule has 1 amide bonds. The molecular formula is C28H54ClN6O4P. The van der Waals surface area contributed by atoms with Gasteiger partial charge in [-0.15, -0.1) is 11.6 Å². The van der Waals surface area contributed by atoms with Crippen LogP contribution in [0.15, 0.2) is 12.7 Å². The van der Waals surface area contributed by atoms with Gasteiger partial charge in [-0.3, -0.25) is 26.1 Å². The van der Waals surface area contributed by atoms with Gasteiger partial charge in [0.1, 0.15) is 6.29 Å². The maximum Gasteiger partial charge on any atom is 0.243 e. The molecule has 1 aliphatic heterocycles. The molecule has 2 saturated carbocycles. The van der Waals surface area contributed by atoms with Crippen LogP contribution in [0.5, 0.6) is 0 Å². The SMILES string of the molecule is C=CC(=O)NC1CC(NC2NCC(Cl)C(NC3CCCCC3P(C)(C)=O)N2)C(C)CC1OC(COC)CN(C)C. The average molecular weight is 605 g/mol. The number of halogens is 1. The lowest BCUT2D eigenvalue weighted by atomic mass is 9.80. The van der Waals surface area contributed by atoms with E-state index in [1.54, 1.807) is 7.11 Å². The summed E-state index contributed by atoms with van der Waals surface area (Å²) in [6.45, 7) is 11.6. The number of methoxy groups -OCH3 is 1. The summed E-state index contributed by atoms with van der Waals surface area (Å²) in [5.41, 5.74) is 0.187.